The van der Waals surface area contributed by atoms with Crippen LogP contribution >= 0.6 is 0 Å². The number of anilines is 2. The predicted molar refractivity (Wildman–Crippen MR) is 129 cm³/mol. The third kappa shape index (κ3) is 4.99. The molecule has 2 saturated heterocycles. The number of hydrogen-bond acceptors (Lipinski definition) is 4. The number of carbonyl (C=O) groups excluding carboxylic acids is 1. The molecule has 2 aromatic rings. The van der Waals surface area contributed by atoms with Gasteiger partial charge in [-0.3, -0.25) is 4.79 Å². The zero-order valence-corrected chi connectivity index (χ0v) is 19.8. The fourth-order valence-electron chi connectivity index (χ4n) is 4.74. The van der Waals surface area contributed by atoms with Crippen molar-refractivity contribution in [2.45, 2.75) is 50.8 Å². The Balaban J connectivity index is 1.33. The molecule has 7 heteroatoms. The summed E-state index contributed by atoms with van der Waals surface area (Å²) in [6.45, 7) is 6.69. The minimum absolute atomic E-state index is 0.0284. The van der Waals surface area contributed by atoms with Gasteiger partial charge in [-0.25, -0.2) is 8.42 Å². The lowest BCUT2D eigenvalue weighted by molar-refractivity contribution is -0.120. The van der Waals surface area contributed by atoms with Crippen LogP contribution in [0.4, 0.5) is 11.4 Å². The van der Waals surface area contributed by atoms with Gasteiger partial charge in [0.25, 0.3) is 0 Å². The maximum atomic E-state index is 13.1. The van der Waals surface area contributed by atoms with Crippen molar-refractivity contribution in [1.82, 2.24) is 4.31 Å². The molecule has 2 aliphatic heterocycles. The maximum Gasteiger partial charge on any atom is 0.243 e. The number of nitrogens with zero attached hydrogens (tertiary/aromatic N) is 2. The number of aryl methyl sites for hydroxylation is 2. The molecule has 2 heterocycles. The highest BCUT2D eigenvalue weighted by atomic mass is 32.2. The number of nitrogens with one attached hydrogen (secondary N) is 1. The average Bonchev–Trinajstić information content (AvgIpc) is 2.80. The van der Waals surface area contributed by atoms with E-state index in [1.54, 1.807) is 6.07 Å². The van der Waals surface area contributed by atoms with Crippen LogP contribution in [-0.4, -0.2) is 44.8 Å². The molecule has 1 amide bonds. The highest BCUT2D eigenvalue weighted by molar-refractivity contribution is 7.89. The van der Waals surface area contributed by atoms with Crippen LogP contribution in [0.15, 0.2) is 47.4 Å². The zero-order chi connectivity index (χ0) is 22.7. The van der Waals surface area contributed by atoms with E-state index < -0.39 is 10.0 Å². The Labute approximate surface area is 191 Å². The van der Waals surface area contributed by atoms with Crippen molar-refractivity contribution in [3.8, 4) is 0 Å². The van der Waals surface area contributed by atoms with Gasteiger partial charge in [-0.2, -0.15) is 4.31 Å². The van der Waals surface area contributed by atoms with Crippen LogP contribution in [0.2, 0.25) is 0 Å². The maximum absolute atomic E-state index is 13.1. The summed E-state index contributed by atoms with van der Waals surface area (Å²) in [5.41, 5.74) is 3.80. The minimum Gasteiger partial charge on any atom is -0.372 e. The Morgan fingerprint density at radius 3 is 2.19 bits per heavy atom. The van der Waals surface area contributed by atoms with Gasteiger partial charge in [-0.1, -0.05) is 17.7 Å². The lowest BCUT2D eigenvalue weighted by atomic mass is 9.97. The smallest absolute Gasteiger partial charge is 0.243 e. The third-order valence-corrected chi connectivity index (χ3v) is 8.69. The topological polar surface area (TPSA) is 69.7 Å². The van der Waals surface area contributed by atoms with Gasteiger partial charge in [0.05, 0.1) is 4.90 Å². The van der Waals surface area contributed by atoms with E-state index in [4.69, 9.17) is 0 Å². The number of carbonyl (C=O) groups is 1. The van der Waals surface area contributed by atoms with Gasteiger partial charge in [0.1, 0.15) is 0 Å². The van der Waals surface area contributed by atoms with Crippen molar-refractivity contribution in [3.05, 3.63) is 53.6 Å². The molecule has 0 atom stereocenters. The lowest BCUT2D eigenvalue weighted by Gasteiger charge is -2.31. The first kappa shape index (κ1) is 22.8. The standard InChI is InChI=1S/C25H33N3O3S/c1-19-6-11-24(20(2)18-19)32(30,31)28-16-12-21(13-17-28)25(29)26-22-7-9-23(10-8-22)27-14-4-3-5-15-27/h6-11,18,21H,3-5,12-17H2,1-2H3,(H,26,29). The van der Waals surface area contributed by atoms with Gasteiger partial charge in [-0.05, 0) is 81.8 Å². The van der Waals surface area contributed by atoms with Crippen LogP contribution in [0, 0.1) is 19.8 Å². The molecule has 0 aliphatic carbocycles. The highest BCUT2D eigenvalue weighted by Crippen LogP contribution is 2.27. The van der Waals surface area contributed by atoms with Crippen molar-refractivity contribution in [1.29, 1.82) is 0 Å². The van der Waals surface area contributed by atoms with Crippen molar-refractivity contribution in [3.63, 3.8) is 0 Å². The van der Waals surface area contributed by atoms with E-state index in [2.05, 4.69) is 22.3 Å². The summed E-state index contributed by atoms with van der Waals surface area (Å²) >= 11 is 0. The Hall–Kier alpha value is -2.38. The van der Waals surface area contributed by atoms with E-state index in [9.17, 15) is 13.2 Å². The molecule has 0 saturated carbocycles. The molecule has 0 spiro atoms. The number of piperidine rings is 2. The van der Waals surface area contributed by atoms with Gasteiger partial charge >= 0.3 is 0 Å². The lowest BCUT2D eigenvalue weighted by Crippen LogP contribution is -2.41. The molecule has 2 aromatic carbocycles. The summed E-state index contributed by atoms with van der Waals surface area (Å²) in [4.78, 5) is 15.5. The molecule has 2 aliphatic rings. The SMILES string of the molecule is Cc1ccc(S(=O)(=O)N2CCC(C(=O)Nc3ccc(N4CCCCC4)cc3)CC2)c(C)c1. The third-order valence-electron chi connectivity index (χ3n) is 6.63. The van der Waals surface area contributed by atoms with Crippen LogP contribution in [-0.2, 0) is 14.8 Å². The zero-order valence-electron chi connectivity index (χ0n) is 19.0. The molecule has 172 valence electrons. The molecule has 0 aromatic heterocycles. The van der Waals surface area contributed by atoms with Crippen LogP contribution in [0.3, 0.4) is 0 Å². The second kappa shape index (κ2) is 9.63. The summed E-state index contributed by atoms with van der Waals surface area (Å²) < 4.78 is 27.7. The largest absolute Gasteiger partial charge is 0.372 e. The molecule has 4 rings (SSSR count). The molecule has 6 nitrogen and oxygen atoms in total. The predicted octanol–water partition coefficient (Wildman–Crippen LogP) is 4.33. The molecule has 2 fully saturated rings. The Kier molecular flexibility index (Phi) is 6.86. The quantitative estimate of drug-likeness (QED) is 0.728. The van der Waals surface area contributed by atoms with Crippen molar-refractivity contribution >= 4 is 27.3 Å². The number of amides is 1. The van der Waals surface area contributed by atoms with E-state index in [1.807, 2.05) is 38.1 Å². The fraction of sp³-hybridized carbons (Fsp3) is 0.480. The molecule has 0 bridgehead atoms. The first-order valence-electron chi connectivity index (χ1n) is 11.6. The van der Waals surface area contributed by atoms with Crippen LogP contribution in [0.1, 0.15) is 43.2 Å². The number of rotatable bonds is 5. The molecule has 1 N–H and O–H groups in total. The van der Waals surface area contributed by atoms with Crippen molar-refractivity contribution in [2.24, 2.45) is 5.92 Å². The molecule has 0 radical (unpaired) electrons. The van der Waals surface area contributed by atoms with Gasteiger partial charge in [0.15, 0.2) is 0 Å². The normalized spacial score (nSPS) is 18.5. The van der Waals surface area contributed by atoms with Gasteiger partial charge in [0.2, 0.25) is 15.9 Å². The summed E-state index contributed by atoms with van der Waals surface area (Å²) in [6, 6.07) is 13.5. The molecule has 32 heavy (non-hydrogen) atoms. The molecular weight excluding hydrogens is 422 g/mol. The van der Waals surface area contributed by atoms with Gasteiger partial charge in [0, 0.05) is 43.5 Å². The summed E-state index contributed by atoms with van der Waals surface area (Å²) in [5.74, 6) is -0.207. The molecular formula is C25H33N3O3S. The van der Waals surface area contributed by atoms with E-state index in [0.717, 1.165) is 29.9 Å². The van der Waals surface area contributed by atoms with Gasteiger partial charge in [-0.15, -0.1) is 0 Å². The number of sulfonamides is 1. The van der Waals surface area contributed by atoms with E-state index in [-0.39, 0.29) is 11.8 Å². The highest BCUT2D eigenvalue weighted by Gasteiger charge is 2.32. The fourth-order valence-corrected chi connectivity index (χ4v) is 6.41. The summed E-state index contributed by atoms with van der Waals surface area (Å²) in [5, 5.41) is 3.02. The van der Waals surface area contributed by atoms with Crippen LogP contribution in [0.25, 0.3) is 0 Å². The van der Waals surface area contributed by atoms with Crippen molar-refractivity contribution in [2.75, 3.05) is 36.4 Å². The van der Waals surface area contributed by atoms with E-state index >= 15 is 0 Å². The van der Waals surface area contributed by atoms with Crippen LogP contribution in [0.5, 0.6) is 0 Å². The van der Waals surface area contributed by atoms with Crippen molar-refractivity contribution < 1.29 is 13.2 Å². The minimum atomic E-state index is -3.54. The first-order valence-corrected chi connectivity index (χ1v) is 13.0. The molecule has 0 unspecified atom stereocenters. The summed E-state index contributed by atoms with van der Waals surface area (Å²) in [7, 11) is -3.54. The Bertz CT molecular complexity index is 1050. The summed E-state index contributed by atoms with van der Waals surface area (Å²) in [6.07, 6.45) is 4.83. The number of hydrogen-bond donors (Lipinski definition) is 1. The van der Waals surface area contributed by atoms with Gasteiger partial charge < -0.3 is 10.2 Å². The monoisotopic (exact) mass is 455 g/mol. The number of benzene rings is 2. The Morgan fingerprint density at radius 1 is 0.906 bits per heavy atom. The average molecular weight is 456 g/mol. The Morgan fingerprint density at radius 2 is 1.56 bits per heavy atom. The van der Waals surface area contributed by atoms with Crippen LogP contribution < -0.4 is 10.2 Å². The van der Waals surface area contributed by atoms with E-state index in [1.165, 1.54) is 29.3 Å². The second-order valence-corrected chi connectivity index (χ2v) is 10.9. The first-order chi connectivity index (χ1) is 15.3. The van der Waals surface area contributed by atoms with E-state index in [0.29, 0.717) is 30.8 Å². The second-order valence-electron chi connectivity index (χ2n) is 9.03.